The van der Waals surface area contributed by atoms with Gasteiger partial charge in [-0.05, 0) is 279 Å². The number of fused-ring (bicyclic) bond motifs is 27. The summed E-state index contributed by atoms with van der Waals surface area (Å²) in [6.07, 6.45) is 2.46. The van der Waals surface area contributed by atoms with Crippen LogP contribution < -0.4 is 0 Å². The van der Waals surface area contributed by atoms with E-state index in [1.54, 1.807) is 0 Å². The SMILES string of the molecule is Cc1cccc(C)c1-n1c2ccc(-n3c4ccccc4c4ccccc43)cc2c2cc(-n3c4ccccc4c4ccc(Cc5cccc(-n6c7ccc(-n8c9ccccc9c9ccccc98)cc7c7cc(-n8c9ccccc9c9cc(CCc%10cccc(-n%11c%12ccc(-n%13c%14ccccc%14c%14ccccc%14%13)cc%12c%12cc(-n%13c%14ccccc%14c%14ccccc%14%13)ccc%12%11)c%10)ccc98)ccc76)c5)cc43)ccc21. The lowest BCUT2D eigenvalue weighted by atomic mass is 10.0. The molecule has 656 valence electrons. The Hall–Kier alpha value is -18.2. The Balaban J connectivity index is 0.516. The van der Waals surface area contributed by atoms with E-state index >= 15 is 0 Å². The van der Waals surface area contributed by atoms with Crippen LogP contribution in [0, 0.1) is 13.8 Å². The number of nitrogens with zero attached hydrogens (tertiary/aromatic N) is 9. The molecule has 0 spiro atoms. The molecule has 0 radical (unpaired) electrons. The van der Waals surface area contributed by atoms with Crippen LogP contribution in [-0.4, -0.2) is 41.1 Å². The lowest BCUT2D eigenvalue weighted by Gasteiger charge is -2.15. The molecule has 0 unspecified atom stereocenters. The third-order valence-electron chi connectivity index (χ3n) is 30.7. The zero-order chi connectivity index (χ0) is 91.8. The van der Waals surface area contributed by atoms with Crippen molar-refractivity contribution in [3.63, 3.8) is 0 Å². The van der Waals surface area contributed by atoms with Crippen LogP contribution in [0.15, 0.2) is 455 Å². The zero-order valence-electron chi connectivity index (χ0n) is 76.9. The molecule has 0 saturated heterocycles. The van der Waals surface area contributed by atoms with E-state index in [9.17, 15) is 0 Å². The van der Waals surface area contributed by atoms with Crippen molar-refractivity contribution < 1.29 is 0 Å². The fraction of sp³-hybridized carbons (Fsp3) is 0.0382. The monoisotopic (exact) mass is 1790 g/mol. The first-order valence-corrected chi connectivity index (χ1v) is 48.8. The highest BCUT2D eigenvalue weighted by Crippen LogP contribution is 2.47. The van der Waals surface area contributed by atoms with Crippen molar-refractivity contribution in [3.8, 4) is 51.2 Å². The van der Waals surface area contributed by atoms with Gasteiger partial charge in [-0.15, -0.1) is 0 Å². The Morgan fingerprint density at radius 2 is 0.329 bits per heavy atom. The van der Waals surface area contributed by atoms with Crippen LogP contribution in [0.4, 0.5) is 0 Å². The molecule has 0 bridgehead atoms. The lowest BCUT2D eigenvalue weighted by molar-refractivity contribution is 0.958. The number of hydrogen-bond donors (Lipinski definition) is 0. The molecule has 9 heterocycles. The highest BCUT2D eigenvalue weighted by molar-refractivity contribution is 6.20. The average Bonchev–Trinajstić information content (AvgIpc) is 1.56. The third kappa shape index (κ3) is 11.5. The number of aromatic nitrogens is 9. The normalized spacial score (nSPS) is 12.3. The van der Waals surface area contributed by atoms with Crippen LogP contribution in [0.1, 0.15) is 33.4 Å². The molecule has 0 amide bonds. The van der Waals surface area contributed by atoms with Gasteiger partial charge in [-0.1, -0.05) is 243 Å². The van der Waals surface area contributed by atoms with Crippen molar-refractivity contribution in [3.05, 3.63) is 488 Å². The Labute approximate surface area is 804 Å². The topological polar surface area (TPSA) is 44.4 Å². The molecule has 30 aromatic rings. The van der Waals surface area contributed by atoms with Gasteiger partial charge in [-0.3, -0.25) is 0 Å². The zero-order valence-corrected chi connectivity index (χ0v) is 76.9. The minimum atomic E-state index is 0.728. The third-order valence-corrected chi connectivity index (χ3v) is 30.7. The molecule has 0 atom stereocenters. The number of rotatable bonds is 14. The molecule has 9 aromatic heterocycles. The second-order valence-corrected chi connectivity index (χ2v) is 38.4. The van der Waals surface area contributed by atoms with E-state index in [0.717, 1.165) is 86.8 Å². The van der Waals surface area contributed by atoms with Crippen LogP contribution in [0.3, 0.4) is 0 Å². The fourth-order valence-corrected chi connectivity index (χ4v) is 24.6. The summed E-state index contributed by atoms with van der Waals surface area (Å²) in [5, 5.41) is 22.1. The van der Waals surface area contributed by atoms with Gasteiger partial charge in [-0.2, -0.15) is 0 Å². The maximum Gasteiger partial charge on any atom is 0.0543 e. The maximum absolute atomic E-state index is 2.51. The van der Waals surface area contributed by atoms with E-state index in [1.807, 2.05) is 0 Å². The van der Waals surface area contributed by atoms with Gasteiger partial charge in [0, 0.05) is 142 Å². The Morgan fingerprint density at radius 3 is 0.636 bits per heavy atom. The van der Waals surface area contributed by atoms with Crippen LogP contribution in [-0.2, 0) is 19.3 Å². The van der Waals surface area contributed by atoms with Crippen LogP contribution in [0.5, 0.6) is 0 Å². The van der Waals surface area contributed by atoms with Crippen molar-refractivity contribution in [2.24, 2.45) is 0 Å². The molecule has 0 aliphatic heterocycles. The van der Waals surface area contributed by atoms with Crippen molar-refractivity contribution in [2.45, 2.75) is 33.1 Å². The van der Waals surface area contributed by atoms with Gasteiger partial charge in [0.1, 0.15) is 0 Å². The molecule has 0 N–H and O–H groups in total. The Morgan fingerprint density at radius 1 is 0.129 bits per heavy atom. The fourth-order valence-electron chi connectivity index (χ4n) is 24.6. The summed E-state index contributed by atoms with van der Waals surface area (Å²) < 4.78 is 22.3. The first kappa shape index (κ1) is 78.2. The number of aryl methyl sites for hydroxylation is 4. The lowest BCUT2D eigenvalue weighted by Crippen LogP contribution is -2.00. The standard InChI is InChI=1S/C131H87N9/c1-81-26-23-27-82(2)131(81)140-128-68-60-92(137-119-48-19-9-38-101(119)102-39-10-20-49-120(102)137)79-111(128)112-80-94(61-69-129(112)140)139-121-50-21-11-40-103(121)105-62-54-86(74-130(105)139)70-85-29-25-31-88(72-85)133-126-66-58-91(136-117-46-17-7-36-99(117)100-37-8-18-47-118(100)136)77-109(126)110-78-93(59-67-127(110)133)138-122-51-22-12-41-104(122)106-73-84(55-63-123(106)138)53-52-83-28-24-30-87(71-83)132-124-64-56-89(134-113-42-13-3-32-95(113)96-33-4-14-43-114(96)134)75-107(124)108-76-90(57-65-125(108)132)135-115-44-15-5-34-97(115)98-35-6-16-45-116(98)135/h3-51,54-69,71-80H,52-53,70H2,1-2H3. The highest BCUT2D eigenvalue weighted by Gasteiger charge is 2.27. The molecule has 0 saturated carbocycles. The van der Waals surface area contributed by atoms with E-state index in [-0.39, 0.29) is 0 Å². The van der Waals surface area contributed by atoms with Crippen molar-refractivity contribution in [2.75, 3.05) is 0 Å². The van der Waals surface area contributed by atoms with Crippen molar-refractivity contribution >= 4 is 196 Å². The maximum atomic E-state index is 2.51. The Bertz CT molecular complexity index is 10200. The van der Waals surface area contributed by atoms with E-state index in [0.29, 0.717) is 0 Å². The summed E-state index contributed by atoms with van der Waals surface area (Å²) >= 11 is 0. The summed E-state index contributed by atoms with van der Waals surface area (Å²) in [6.45, 7) is 4.49. The van der Waals surface area contributed by atoms with Crippen LogP contribution >= 0.6 is 0 Å². The minimum Gasteiger partial charge on any atom is -0.309 e. The van der Waals surface area contributed by atoms with E-state index < -0.39 is 0 Å². The second-order valence-electron chi connectivity index (χ2n) is 38.4. The van der Waals surface area contributed by atoms with E-state index in [2.05, 4.69) is 510 Å². The molecule has 30 rings (SSSR count). The average molecular weight is 1790 g/mol. The molecular formula is C131H87N9. The molecule has 0 aliphatic rings. The van der Waals surface area contributed by atoms with Gasteiger partial charge in [0.05, 0.1) is 105 Å². The summed E-state index contributed by atoms with van der Waals surface area (Å²) in [7, 11) is 0. The van der Waals surface area contributed by atoms with Crippen molar-refractivity contribution in [1.29, 1.82) is 0 Å². The van der Waals surface area contributed by atoms with Gasteiger partial charge >= 0.3 is 0 Å². The summed E-state index contributed by atoms with van der Waals surface area (Å²) in [5.41, 5.74) is 39.0. The molecule has 9 nitrogen and oxygen atoms in total. The molecule has 0 fully saturated rings. The van der Waals surface area contributed by atoms with Gasteiger partial charge in [0.2, 0.25) is 0 Å². The largest absolute Gasteiger partial charge is 0.309 e. The van der Waals surface area contributed by atoms with Gasteiger partial charge < -0.3 is 41.1 Å². The minimum absolute atomic E-state index is 0.728. The molecule has 140 heavy (non-hydrogen) atoms. The van der Waals surface area contributed by atoms with Crippen LogP contribution in [0.2, 0.25) is 0 Å². The molecule has 0 aliphatic carbocycles. The number of hydrogen-bond acceptors (Lipinski definition) is 0. The summed E-state index contributed by atoms with van der Waals surface area (Å²) in [6, 6.07) is 171. The Kier molecular flexibility index (Phi) is 16.8. The first-order valence-electron chi connectivity index (χ1n) is 48.8. The summed E-state index contributed by atoms with van der Waals surface area (Å²) in [5.74, 6) is 0. The smallest absolute Gasteiger partial charge is 0.0543 e. The molecular weight excluding hydrogens is 1700 g/mol. The van der Waals surface area contributed by atoms with E-state index in [1.165, 1.54) is 213 Å². The predicted molar refractivity (Wildman–Crippen MR) is 588 cm³/mol. The molecule has 21 aromatic carbocycles. The number of para-hydroxylation sites is 11. The van der Waals surface area contributed by atoms with Gasteiger partial charge in [-0.25, -0.2) is 0 Å². The highest BCUT2D eigenvalue weighted by atomic mass is 15.1. The second kappa shape index (κ2) is 30.2. The summed E-state index contributed by atoms with van der Waals surface area (Å²) in [4.78, 5) is 0. The van der Waals surface area contributed by atoms with Crippen molar-refractivity contribution in [1.82, 2.24) is 41.1 Å². The van der Waals surface area contributed by atoms with Gasteiger partial charge in [0.15, 0.2) is 0 Å². The van der Waals surface area contributed by atoms with Crippen LogP contribution in [0.25, 0.3) is 247 Å². The van der Waals surface area contributed by atoms with Gasteiger partial charge in [0.25, 0.3) is 0 Å². The first-order chi connectivity index (χ1) is 69.3. The predicted octanol–water partition coefficient (Wildman–Crippen LogP) is 33.6. The van der Waals surface area contributed by atoms with E-state index in [4.69, 9.17) is 0 Å². The quantitative estimate of drug-likeness (QED) is 0.104. The number of benzene rings is 21. The molecule has 9 heteroatoms.